The van der Waals surface area contributed by atoms with E-state index in [1.165, 1.54) is 11.8 Å². The molecule has 4 heteroatoms. The Labute approximate surface area is 106 Å². The molecule has 0 bridgehead atoms. The number of hydrogen-bond acceptors (Lipinski definition) is 3. The van der Waals surface area contributed by atoms with E-state index in [0.717, 1.165) is 16.4 Å². The van der Waals surface area contributed by atoms with Gasteiger partial charge in [-0.3, -0.25) is 14.7 Å². The molecular formula is C13H16N2OS. The maximum atomic E-state index is 11.9. The number of amides is 1. The molecule has 0 N–H and O–H groups in total. The molecule has 2 rings (SSSR count). The van der Waals surface area contributed by atoms with Crippen molar-refractivity contribution in [2.24, 2.45) is 4.99 Å². The van der Waals surface area contributed by atoms with E-state index < -0.39 is 0 Å². The Kier molecular flexibility index (Phi) is 3.52. The van der Waals surface area contributed by atoms with Crippen LogP contribution in [-0.2, 0) is 4.79 Å². The molecule has 0 saturated carbocycles. The second-order valence-corrected chi connectivity index (χ2v) is 5.30. The summed E-state index contributed by atoms with van der Waals surface area (Å²) in [5, 5.41) is 0.815. The highest BCUT2D eigenvalue weighted by atomic mass is 32.2. The highest BCUT2D eigenvalue weighted by Crippen LogP contribution is 2.27. The second kappa shape index (κ2) is 4.92. The standard InChI is InChI=1S/C13H16N2OS/c1-9(2)14-13-15(12(16)8-17-13)11-6-4-5-10(3)7-11/h4-7,9H,8H2,1-3H3/b14-13-. The summed E-state index contributed by atoms with van der Waals surface area (Å²) in [5.74, 6) is 0.597. The number of aryl methyl sites for hydroxylation is 1. The van der Waals surface area contributed by atoms with Crippen LogP contribution >= 0.6 is 11.8 Å². The molecule has 0 unspecified atom stereocenters. The van der Waals surface area contributed by atoms with Gasteiger partial charge in [0.25, 0.3) is 0 Å². The number of amidine groups is 1. The molecule has 1 aromatic carbocycles. The molecule has 1 aliphatic heterocycles. The summed E-state index contributed by atoms with van der Waals surface area (Å²) in [6.45, 7) is 6.06. The lowest BCUT2D eigenvalue weighted by molar-refractivity contribution is -0.115. The minimum atomic E-state index is 0.111. The van der Waals surface area contributed by atoms with Crippen LogP contribution in [0, 0.1) is 6.92 Å². The zero-order chi connectivity index (χ0) is 12.4. The third-order valence-corrected chi connectivity index (χ3v) is 3.33. The molecular weight excluding hydrogens is 232 g/mol. The molecule has 1 fully saturated rings. The van der Waals surface area contributed by atoms with Crippen molar-refractivity contribution in [1.29, 1.82) is 0 Å². The fraction of sp³-hybridized carbons (Fsp3) is 0.385. The van der Waals surface area contributed by atoms with Gasteiger partial charge in [-0.05, 0) is 38.5 Å². The van der Waals surface area contributed by atoms with Crippen molar-refractivity contribution in [1.82, 2.24) is 0 Å². The predicted molar refractivity (Wildman–Crippen MR) is 73.7 cm³/mol. The van der Waals surface area contributed by atoms with Crippen molar-refractivity contribution >= 4 is 28.5 Å². The lowest BCUT2D eigenvalue weighted by Crippen LogP contribution is -2.29. The number of nitrogens with zero attached hydrogens (tertiary/aromatic N) is 2. The normalized spacial score (nSPS) is 18.5. The van der Waals surface area contributed by atoms with Gasteiger partial charge in [0.1, 0.15) is 0 Å². The van der Waals surface area contributed by atoms with Crippen LogP contribution in [0.15, 0.2) is 29.3 Å². The van der Waals surface area contributed by atoms with Crippen molar-refractivity contribution in [2.45, 2.75) is 26.8 Å². The van der Waals surface area contributed by atoms with Crippen LogP contribution in [0.25, 0.3) is 0 Å². The van der Waals surface area contributed by atoms with Crippen LogP contribution in [-0.4, -0.2) is 22.9 Å². The average Bonchev–Trinajstić information content (AvgIpc) is 2.59. The Balaban J connectivity index is 2.37. The van der Waals surface area contributed by atoms with Crippen LogP contribution in [0.2, 0.25) is 0 Å². The van der Waals surface area contributed by atoms with Crippen molar-refractivity contribution in [3.8, 4) is 0 Å². The highest BCUT2D eigenvalue weighted by molar-refractivity contribution is 8.15. The van der Waals surface area contributed by atoms with E-state index in [1.807, 2.05) is 45.0 Å². The maximum absolute atomic E-state index is 11.9. The highest BCUT2D eigenvalue weighted by Gasteiger charge is 2.29. The SMILES string of the molecule is Cc1cccc(N2C(=O)CS/C2=N\C(C)C)c1. The molecule has 1 aliphatic rings. The van der Waals surface area contributed by atoms with Gasteiger partial charge < -0.3 is 0 Å². The number of aliphatic imine (C=N–C) groups is 1. The molecule has 0 aromatic heterocycles. The Hall–Kier alpha value is -1.29. The van der Waals surface area contributed by atoms with Gasteiger partial charge in [0, 0.05) is 6.04 Å². The monoisotopic (exact) mass is 248 g/mol. The molecule has 0 aliphatic carbocycles. The summed E-state index contributed by atoms with van der Waals surface area (Å²) >= 11 is 1.51. The number of anilines is 1. The minimum Gasteiger partial charge on any atom is -0.273 e. The summed E-state index contributed by atoms with van der Waals surface area (Å²) in [6, 6.07) is 8.16. The first kappa shape index (κ1) is 12.2. The van der Waals surface area contributed by atoms with E-state index in [-0.39, 0.29) is 11.9 Å². The van der Waals surface area contributed by atoms with E-state index in [1.54, 1.807) is 4.90 Å². The predicted octanol–water partition coefficient (Wildman–Crippen LogP) is 2.84. The number of rotatable bonds is 2. The summed E-state index contributed by atoms with van der Waals surface area (Å²) in [6.07, 6.45) is 0. The molecule has 1 saturated heterocycles. The van der Waals surface area contributed by atoms with Crippen molar-refractivity contribution in [3.05, 3.63) is 29.8 Å². The summed E-state index contributed by atoms with van der Waals surface area (Å²) in [7, 11) is 0. The number of hydrogen-bond donors (Lipinski definition) is 0. The van der Waals surface area contributed by atoms with Crippen molar-refractivity contribution in [2.75, 3.05) is 10.7 Å². The molecule has 3 nitrogen and oxygen atoms in total. The summed E-state index contributed by atoms with van der Waals surface area (Å²) in [4.78, 5) is 18.1. The molecule has 1 aromatic rings. The molecule has 90 valence electrons. The quantitative estimate of drug-likeness (QED) is 0.806. The van der Waals surface area contributed by atoms with Gasteiger partial charge in [-0.25, -0.2) is 0 Å². The zero-order valence-electron chi connectivity index (χ0n) is 10.3. The van der Waals surface area contributed by atoms with Gasteiger partial charge in [0.15, 0.2) is 5.17 Å². The number of benzene rings is 1. The minimum absolute atomic E-state index is 0.111. The van der Waals surface area contributed by atoms with Gasteiger partial charge in [-0.15, -0.1) is 0 Å². The van der Waals surface area contributed by atoms with Gasteiger partial charge in [-0.1, -0.05) is 23.9 Å². The van der Waals surface area contributed by atoms with Gasteiger partial charge >= 0.3 is 0 Å². The number of thioether (sulfide) groups is 1. The Morgan fingerprint density at radius 3 is 2.82 bits per heavy atom. The van der Waals surface area contributed by atoms with Crippen LogP contribution in [0.1, 0.15) is 19.4 Å². The Bertz CT molecular complexity index is 468. The van der Waals surface area contributed by atoms with E-state index in [9.17, 15) is 4.79 Å². The average molecular weight is 248 g/mol. The Morgan fingerprint density at radius 2 is 2.18 bits per heavy atom. The smallest absolute Gasteiger partial charge is 0.243 e. The van der Waals surface area contributed by atoms with Crippen LogP contribution < -0.4 is 4.90 Å². The fourth-order valence-corrected chi connectivity index (χ4v) is 2.70. The van der Waals surface area contributed by atoms with Gasteiger partial charge in [-0.2, -0.15) is 0 Å². The van der Waals surface area contributed by atoms with Crippen molar-refractivity contribution < 1.29 is 4.79 Å². The lowest BCUT2D eigenvalue weighted by atomic mass is 10.2. The molecule has 0 atom stereocenters. The third-order valence-electron chi connectivity index (χ3n) is 2.39. The molecule has 1 amide bonds. The fourth-order valence-electron chi connectivity index (χ4n) is 1.70. The number of carbonyl (C=O) groups is 1. The van der Waals surface area contributed by atoms with Crippen LogP contribution in [0.4, 0.5) is 5.69 Å². The molecule has 0 radical (unpaired) electrons. The number of carbonyl (C=O) groups excluding carboxylic acids is 1. The maximum Gasteiger partial charge on any atom is 0.243 e. The van der Waals surface area contributed by atoms with E-state index >= 15 is 0 Å². The summed E-state index contributed by atoms with van der Waals surface area (Å²) < 4.78 is 0. The first-order chi connectivity index (χ1) is 8.08. The third kappa shape index (κ3) is 2.69. The lowest BCUT2D eigenvalue weighted by Gasteiger charge is -2.17. The largest absolute Gasteiger partial charge is 0.273 e. The van der Waals surface area contributed by atoms with E-state index in [4.69, 9.17) is 0 Å². The zero-order valence-corrected chi connectivity index (χ0v) is 11.1. The van der Waals surface area contributed by atoms with Crippen LogP contribution in [0.3, 0.4) is 0 Å². The summed E-state index contributed by atoms with van der Waals surface area (Å²) in [5.41, 5.74) is 2.07. The van der Waals surface area contributed by atoms with Gasteiger partial charge in [0.2, 0.25) is 5.91 Å². The molecule has 1 heterocycles. The Morgan fingerprint density at radius 1 is 1.41 bits per heavy atom. The topological polar surface area (TPSA) is 32.7 Å². The van der Waals surface area contributed by atoms with E-state index in [0.29, 0.717) is 5.75 Å². The van der Waals surface area contributed by atoms with Crippen LogP contribution in [0.5, 0.6) is 0 Å². The van der Waals surface area contributed by atoms with Gasteiger partial charge in [0.05, 0.1) is 11.4 Å². The first-order valence-corrected chi connectivity index (χ1v) is 6.66. The second-order valence-electron chi connectivity index (χ2n) is 4.36. The molecule has 0 spiro atoms. The molecule has 17 heavy (non-hydrogen) atoms. The van der Waals surface area contributed by atoms with E-state index in [2.05, 4.69) is 4.99 Å². The van der Waals surface area contributed by atoms with Crippen molar-refractivity contribution in [3.63, 3.8) is 0 Å². The first-order valence-electron chi connectivity index (χ1n) is 5.68.